The molecule has 0 fully saturated rings. The second-order valence-electron chi connectivity index (χ2n) is 5.47. The lowest BCUT2D eigenvalue weighted by Gasteiger charge is -2.22. The van der Waals surface area contributed by atoms with E-state index in [1.807, 2.05) is 31.2 Å². The van der Waals surface area contributed by atoms with Gasteiger partial charge in [-0.2, -0.15) is 0 Å². The van der Waals surface area contributed by atoms with Crippen LogP contribution in [0.15, 0.2) is 48.5 Å². The molecular weight excluding hydrogens is 325 g/mol. The van der Waals surface area contributed by atoms with Gasteiger partial charge in [0.15, 0.2) is 18.2 Å². The van der Waals surface area contributed by atoms with Crippen molar-refractivity contribution < 1.29 is 23.5 Å². The fraction of sp³-hybridized carbons (Fsp3) is 0.263. The lowest BCUT2D eigenvalue weighted by atomic mass is 10.1. The van der Waals surface area contributed by atoms with Gasteiger partial charge in [0.2, 0.25) is 0 Å². The molecule has 0 saturated heterocycles. The standard InChI is InChI=1S/C19H20FNO4/c1-14-7-3-4-8-15(14)11-21(12-19(23)24-2)18(22)13-25-17-10-6-5-9-16(17)20/h3-10H,11-13H2,1-2H3. The zero-order valence-electron chi connectivity index (χ0n) is 14.2. The number of aryl methyl sites for hydroxylation is 1. The van der Waals surface area contributed by atoms with Gasteiger partial charge in [0.05, 0.1) is 7.11 Å². The molecular formula is C19H20FNO4. The minimum atomic E-state index is -0.547. The Kier molecular flexibility index (Phi) is 6.51. The highest BCUT2D eigenvalue weighted by atomic mass is 19.1. The highest BCUT2D eigenvalue weighted by Gasteiger charge is 2.19. The number of carbonyl (C=O) groups is 2. The molecule has 0 atom stereocenters. The summed E-state index contributed by atoms with van der Waals surface area (Å²) >= 11 is 0. The van der Waals surface area contributed by atoms with Crippen LogP contribution in [0.5, 0.6) is 5.75 Å². The number of hydrogen-bond acceptors (Lipinski definition) is 4. The Balaban J connectivity index is 2.08. The van der Waals surface area contributed by atoms with Crippen LogP contribution in [-0.2, 0) is 20.9 Å². The highest BCUT2D eigenvalue weighted by Crippen LogP contribution is 2.16. The largest absolute Gasteiger partial charge is 0.481 e. The highest BCUT2D eigenvalue weighted by molar-refractivity contribution is 5.83. The Morgan fingerprint density at radius 2 is 1.76 bits per heavy atom. The van der Waals surface area contributed by atoms with Gasteiger partial charge in [-0.25, -0.2) is 4.39 Å². The molecule has 6 heteroatoms. The molecule has 0 N–H and O–H groups in total. The van der Waals surface area contributed by atoms with Crippen LogP contribution >= 0.6 is 0 Å². The molecule has 0 aromatic heterocycles. The molecule has 0 heterocycles. The number of hydrogen-bond donors (Lipinski definition) is 0. The van der Waals surface area contributed by atoms with Crippen LogP contribution in [0.3, 0.4) is 0 Å². The number of para-hydroxylation sites is 1. The Labute approximate surface area is 146 Å². The Morgan fingerprint density at radius 3 is 2.44 bits per heavy atom. The van der Waals surface area contributed by atoms with Crippen molar-refractivity contribution in [2.75, 3.05) is 20.3 Å². The summed E-state index contributed by atoms with van der Waals surface area (Å²) in [4.78, 5) is 25.4. The van der Waals surface area contributed by atoms with Crippen LogP contribution in [0, 0.1) is 12.7 Å². The SMILES string of the molecule is COC(=O)CN(Cc1ccccc1C)C(=O)COc1ccccc1F. The summed E-state index contributed by atoms with van der Waals surface area (Å²) in [6, 6.07) is 13.4. The molecule has 5 nitrogen and oxygen atoms in total. The zero-order valence-corrected chi connectivity index (χ0v) is 14.2. The number of benzene rings is 2. The van der Waals surface area contributed by atoms with E-state index in [1.54, 1.807) is 6.07 Å². The molecule has 25 heavy (non-hydrogen) atoms. The number of methoxy groups -OCH3 is 1. The summed E-state index contributed by atoms with van der Waals surface area (Å²) < 4.78 is 23.5. The third kappa shape index (κ3) is 5.31. The normalized spacial score (nSPS) is 10.2. The van der Waals surface area contributed by atoms with E-state index in [-0.39, 0.29) is 25.4 Å². The number of amides is 1. The van der Waals surface area contributed by atoms with E-state index in [1.165, 1.54) is 30.2 Å². The smallest absolute Gasteiger partial charge is 0.325 e. The van der Waals surface area contributed by atoms with Crippen molar-refractivity contribution >= 4 is 11.9 Å². The fourth-order valence-corrected chi connectivity index (χ4v) is 2.24. The second kappa shape index (κ2) is 8.82. The van der Waals surface area contributed by atoms with Crippen LogP contribution in [0.2, 0.25) is 0 Å². The number of halogens is 1. The lowest BCUT2D eigenvalue weighted by Crippen LogP contribution is -2.38. The summed E-state index contributed by atoms with van der Waals surface area (Å²) in [7, 11) is 1.26. The van der Waals surface area contributed by atoms with E-state index < -0.39 is 17.7 Å². The summed E-state index contributed by atoms with van der Waals surface area (Å²) in [5.41, 5.74) is 1.91. The molecule has 0 unspecified atom stereocenters. The van der Waals surface area contributed by atoms with Crippen molar-refractivity contribution in [3.63, 3.8) is 0 Å². The molecule has 0 aliphatic carbocycles. The Hall–Kier alpha value is -2.89. The fourth-order valence-electron chi connectivity index (χ4n) is 2.24. The number of carbonyl (C=O) groups excluding carboxylic acids is 2. The molecule has 2 aromatic rings. The van der Waals surface area contributed by atoms with Crippen molar-refractivity contribution in [3.8, 4) is 5.75 Å². The second-order valence-corrected chi connectivity index (χ2v) is 5.47. The first-order valence-corrected chi connectivity index (χ1v) is 7.77. The van der Waals surface area contributed by atoms with Gasteiger partial charge in [-0.3, -0.25) is 9.59 Å². The first-order valence-electron chi connectivity index (χ1n) is 7.77. The van der Waals surface area contributed by atoms with Gasteiger partial charge >= 0.3 is 5.97 Å². The van der Waals surface area contributed by atoms with Crippen LogP contribution < -0.4 is 4.74 Å². The monoisotopic (exact) mass is 345 g/mol. The number of ether oxygens (including phenoxy) is 2. The van der Waals surface area contributed by atoms with E-state index in [9.17, 15) is 14.0 Å². The molecule has 0 radical (unpaired) electrons. The van der Waals surface area contributed by atoms with Gasteiger partial charge in [-0.15, -0.1) is 0 Å². The quantitative estimate of drug-likeness (QED) is 0.724. The van der Waals surface area contributed by atoms with E-state index in [2.05, 4.69) is 4.74 Å². The first kappa shape index (κ1) is 18.4. The topological polar surface area (TPSA) is 55.8 Å². The maximum Gasteiger partial charge on any atom is 0.325 e. The molecule has 0 spiro atoms. The van der Waals surface area contributed by atoms with Crippen molar-refractivity contribution in [2.45, 2.75) is 13.5 Å². The van der Waals surface area contributed by atoms with Crippen LogP contribution in [0.1, 0.15) is 11.1 Å². The van der Waals surface area contributed by atoms with Gasteiger partial charge in [-0.05, 0) is 30.2 Å². The summed E-state index contributed by atoms with van der Waals surface area (Å²) in [6.07, 6.45) is 0. The van der Waals surface area contributed by atoms with Crippen LogP contribution in [-0.4, -0.2) is 37.0 Å². The average molecular weight is 345 g/mol. The average Bonchev–Trinajstić information content (AvgIpc) is 2.61. The van der Waals surface area contributed by atoms with Crippen LogP contribution in [0.25, 0.3) is 0 Å². The zero-order chi connectivity index (χ0) is 18.2. The molecule has 0 bridgehead atoms. The van der Waals surface area contributed by atoms with Crippen molar-refractivity contribution in [2.24, 2.45) is 0 Å². The van der Waals surface area contributed by atoms with Gasteiger partial charge in [0.1, 0.15) is 6.54 Å². The summed E-state index contributed by atoms with van der Waals surface area (Å²) in [5.74, 6) is -1.52. The predicted octanol–water partition coefficient (Wildman–Crippen LogP) is 2.71. The third-order valence-electron chi connectivity index (χ3n) is 3.71. The van der Waals surface area contributed by atoms with E-state index >= 15 is 0 Å². The van der Waals surface area contributed by atoms with E-state index in [0.29, 0.717) is 0 Å². The van der Waals surface area contributed by atoms with Gasteiger partial charge in [-0.1, -0.05) is 36.4 Å². The van der Waals surface area contributed by atoms with Gasteiger partial charge in [0.25, 0.3) is 5.91 Å². The number of esters is 1. The van der Waals surface area contributed by atoms with Gasteiger partial charge < -0.3 is 14.4 Å². The number of nitrogens with zero attached hydrogens (tertiary/aromatic N) is 1. The molecule has 1 amide bonds. The molecule has 0 aliphatic rings. The van der Waals surface area contributed by atoms with Crippen molar-refractivity contribution in [3.05, 3.63) is 65.5 Å². The lowest BCUT2D eigenvalue weighted by molar-refractivity contribution is -0.148. The Morgan fingerprint density at radius 1 is 1.08 bits per heavy atom. The van der Waals surface area contributed by atoms with Crippen LogP contribution in [0.4, 0.5) is 4.39 Å². The summed E-state index contributed by atoms with van der Waals surface area (Å²) in [6.45, 7) is 1.58. The molecule has 132 valence electrons. The third-order valence-corrected chi connectivity index (χ3v) is 3.71. The maximum atomic E-state index is 13.6. The Bertz CT molecular complexity index is 748. The molecule has 2 rings (SSSR count). The first-order chi connectivity index (χ1) is 12.0. The molecule has 2 aromatic carbocycles. The van der Waals surface area contributed by atoms with Gasteiger partial charge in [0, 0.05) is 6.54 Å². The predicted molar refractivity (Wildman–Crippen MR) is 90.5 cm³/mol. The van der Waals surface area contributed by atoms with Crippen molar-refractivity contribution in [1.29, 1.82) is 0 Å². The molecule has 0 saturated carbocycles. The van der Waals surface area contributed by atoms with Crippen molar-refractivity contribution in [1.82, 2.24) is 4.90 Å². The number of rotatable bonds is 7. The minimum Gasteiger partial charge on any atom is -0.481 e. The van der Waals surface area contributed by atoms with E-state index in [4.69, 9.17) is 4.74 Å². The summed E-state index contributed by atoms with van der Waals surface area (Å²) in [5, 5.41) is 0. The van der Waals surface area contributed by atoms with E-state index in [0.717, 1.165) is 11.1 Å². The molecule has 0 aliphatic heterocycles. The minimum absolute atomic E-state index is 0.00948. The maximum absolute atomic E-state index is 13.6.